The van der Waals surface area contributed by atoms with Crippen LogP contribution in [0.2, 0.25) is 0 Å². The number of fused-ring (bicyclic) bond motifs is 1. The van der Waals surface area contributed by atoms with Gasteiger partial charge in [-0.1, -0.05) is 30.3 Å². The summed E-state index contributed by atoms with van der Waals surface area (Å²) in [4.78, 5) is 13.7. The van der Waals surface area contributed by atoms with Gasteiger partial charge < -0.3 is 9.64 Å². The fourth-order valence-electron chi connectivity index (χ4n) is 3.27. The molecule has 3 rings (SSSR count). The molecule has 4 heteroatoms. The van der Waals surface area contributed by atoms with Crippen molar-refractivity contribution in [2.75, 3.05) is 13.2 Å². The van der Waals surface area contributed by atoms with Crippen LogP contribution in [0.5, 0.6) is 5.75 Å². The Hall–Kier alpha value is -1.74. The Morgan fingerprint density at radius 1 is 1.26 bits per heavy atom. The van der Waals surface area contributed by atoms with Crippen molar-refractivity contribution in [3.8, 4) is 5.75 Å². The van der Waals surface area contributed by atoms with Gasteiger partial charge in [-0.15, -0.1) is 11.6 Å². The summed E-state index contributed by atoms with van der Waals surface area (Å²) >= 11 is 6.55. The SMILES string of the molecule is CC(=O)N1CCCC[C@H]1[C@H](Cl)COc1ccc2ccccc2c1. The summed E-state index contributed by atoms with van der Waals surface area (Å²) in [7, 11) is 0. The Morgan fingerprint density at radius 2 is 2.04 bits per heavy atom. The highest BCUT2D eigenvalue weighted by molar-refractivity contribution is 6.21. The summed E-state index contributed by atoms with van der Waals surface area (Å²) in [6.45, 7) is 2.83. The van der Waals surface area contributed by atoms with Crippen LogP contribution >= 0.6 is 11.6 Å². The van der Waals surface area contributed by atoms with E-state index in [4.69, 9.17) is 16.3 Å². The Morgan fingerprint density at radius 3 is 2.83 bits per heavy atom. The molecular weight excluding hydrogens is 310 g/mol. The Kier molecular flexibility index (Phi) is 5.06. The van der Waals surface area contributed by atoms with Crippen molar-refractivity contribution in [3.63, 3.8) is 0 Å². The summed E-state index contributed by atoms with van der Waals surface area (Å²) in [5, 5.41) is 2.15. The molecule has 1 heterocycles. The molecule has 2 aromatic carbocycles. The maximum absolute atomic E-state index is 11.8. The molecule has 1 saturated heterocycles. The molecule has 0 radical (unpaired) electrons. The first-order chi connectivity index (χ1) is 11.1. The highest BCUT2D eigenvalue weighted by Crippen LogP contribution is 2.25. The number of likely N-dealkylation sites (tertiary alicyclic amines) is 1. The number of benzene rings is 2. The lowest BCUT2D eigenvalue weighted by atomic mass is 9.99. The summed E-state index contributed by atoms with van der Waals surface area (Å²) in [5.41, 5.74) is 0. The second-order valence-electron chi connectivity index (χ2n) is 6.11. The zero-order chi connectivity index (χ0) is 16.2. The minimum absolute atomic E-state index is 0.0726. The molecule has 2 aromatic rings. The number of hydrogen-bond acceptors (Lipinski definition) is 2. The fraction of sp³-hybridized carbons (Fsp3) is 0.421. The van der Waals surface area contributed by atoms with Crippen LogP contribution in [0.15, 0.2) is 42.5 Å². The van der Waals surface area contributed by atoms with Gasteiger partial charge in [-0.2, -0.15) is 0 Å². The average molecular weight is 332 g/mol. The molecule has 3 nitrogen and oxygen atoms in total. The molecule has 1 fully saturated rings. The van der Waals surface area contributed by atoms with Crippen LogP contribution in [-0.4, -0.2) is 35.4 Å². The van der Waals surface area contributed by atoms with Gasteiger partial charge in [-0.3, -0.25) is 4.79 Å². The topological polar surface area (TPSA) is 29.5 Å². The number of carbonyl (C=O) groups is 1. The van der Waals surface area contributed by atoms with Gasteiger partial charge >= 0.3 is 0 Å². The lowest BCUT2D eigenvalue weighted by Crippen LogP contribution is -2.48. The van der Waals surface area contributed by atoms with Crippen LogP contribution in [-0.2, 0) is 4.79 Å². The minimum atomic E-state index is -0.189. The molecule has 0 aliphatic carbocycles. The molecular formula is C19H22ClNO2. The van der Waals surface area contributed by atoms with E-state index < -0.39 is 0 Å². The number of nitrogens with zero attached hydrogens (tertiary/aromatic N) is 1. The molecule has 0 unspecified atom stereocenters. The van der Waals surface area contributed by atoms with Crippen molar-refractivity contribution in [2.24, 2.45) is 0 Å². The predicted molar refractivity (Wildman–Crippen MR) is 94.1 cm³/mol. The third-order valence-corrected chi connectivity index (χ3v) is 4.92. The molecule has 23 heavy (non-hydrogen) atoms. The first-order valence-corrected chi connectivity index (χ1v) is 8.61. The van der Waals surface area contributed by atoms with Crippen molar-refractivity contribution in [3.05, 3.63) is 42.5 Å². The van der Waals surface area contributed by atoms with Crippen LogP contribution in [0.1, 0.15) is 26.2 Å². The number of halogens is 1. The number of hydrogen-bond donors (Lipinski definition) is 0. The maximum atomic E-state index is 11.8. The highest BCUT2D eigenvalue weighted by Gasteiger charge is 2.30. The molecule has 1 aliphatic heterocycles. The lowest BCUT2D eigenvalue weighted by molar-refractivity contribution is -0.132. The third kappa shape index (κ3) is 3.78. The second kappa shape index (κ2) is 7.22. The van der Waals surface area contributed by atoms with Crippen LogP contribution in [0, 0.1) is 0 Å². The first kappa shape index (κ1) is 16.1. The average Bonchev–Trinajstić information content (AvgIpc) is 2.59. The van der Waals surface area contributed by atoms with Crippen molar-refractivity contribution in [2.45, 2.75) is 37.6 Å². The van der Waals surface area contributed by atoms with E-state index in [2.05, 4.69) is 18.2 Å². The molecule has 122 valence electrons. The van der Waals surface area contributed by atoms with Gasteiger partial charge in [-0.05, 0) is 42.2 Å². The molecule has 0 saturated carbocycles. The van der Waals surface area contributed by atoms with Gasteiger partial charge in [0.05, 0.1) is 11.4 Å². The predicted octanol–water partition coefficient (Wildman–Crippen LogP) is 4.23. The summed E-state index contributed by atoms with van der Waals surface area (Å²) in [5.74, 6) is 0.922. The monoisotopic (exact) mass is 331 g/mol. The molecule has 1 amide bonds. The van der Waals surface area contributed by atoms with E-state index in [1.807, 2.05) is 29.2 Å². The van der Waals surface area contributed by atoms with E-state index in [1.165, 1.54) is 5.39 Å². The second-order valence-corrected chi connectivity index (χ2v) is 6.67. The zero-order valence-corrected chi connectivity index (χ0v) is 14.1. The molecule has 0 bridgehead atoms. The minimum Gasteiger partial charge on any atom is -0.492 e. The van der Waals surface area contributed by atoms with E-state index in [0.717, 1.165) is 36.9 Å². The number of carbonyl (C=O) groups excluding carboxylic acids is 1. The standard InChI is InChI=1S/C19H22ClNO2/c1-14(22)21-11-5-4-8-19(21)18(20)13-23-17-10-9-15-6-2-3-7-16(15)12-17/h2-3,6-7,9-10,12,18-19H,4-5,8,11,13H2,1H3/t18-,19+/m1/s1. The Bertz CT molecular complexity index is 688. The van der Waals surface area contributed by atoms with E-state index in [-0.39, 0.29) is 17.3 Å². The summed E-state index contributed by atoms with van der Waals surface area (Å²) in [6.07, 6.45) is 3.13. The highest BCUT2D eigenvalue weighted by atomic mass is 35.5. The van der Waals surface area contributed by atoms with E-state index in [1.54, 1.807) is 6.92 Å². The van der Waals surface area contributed by atoms with Gasteiger partial charge in [0.2, 0.25) is 5.91 Å². The van der Waals surface area contributed by atoms with Crippen LogP contribution in [0.4, 0.5) is 0 Å². The molecule has 0 aromatic heterocycles. The van der Waals surface area contributed by atoms with E-state index in [0.29, 0.717) is 6.61 Å². The summed E-state index contributed by atoms with van der Waals surface area (Å²) < 4.78 is 5.89. The van der Waals surface area contributed by atoms with E-state index in [9.17, 15) is 4.79 Å². The van der Waals surface area contributed by atoms with E-state index >= 15 is 0 Å². The number of ether oxygens (including phenoxy) is 1. The maximum Gasteiger partial charge on any atom is 0.219 e. The van der Waals surface area contributed by atoms with Gasteiger partial charge in [0.25, 0.3) is 0 Å². The Balaban J connectivity index is 1.64. The van der Waals surface area contributed by atoms with Gasteiger partial charge in [-0.25, -0.2) is 0 Å². The molecule has 0 spiro atoms. The molecule has 2 atom stereocenters. The van der Waals surface area contributed by atoms with Crippen molar-refractivity contribution in [1.29, 1.82) is 0 Å². The van der Waals surface area contributed by atoms with Gasteiger partial charge in [0, 0.05) is 13.5 Å². The largest absolute Gasteiger partial charge is 0.492 e. The first-order valence-electron chi connectivity index (χ1n) is 8.18. The number of alkyl halides is 1. The lowest BCUT2D eigenvalue weighted by Gasteiger charge is -2.37. The quantitative estimate of drug-likeness (QED) is 0.785. The van der Waals surface area contributed by atoms with Crippen molar-refractivity contribution < 1.29 is 9.53 Å². The zero-order valence-electron chi connectivity index (χ0n) is 13.4. The van der Waals surface area contributed by atoms with Gasteiger partial charge in [0.1, 0.15) is 12.4 Å². The number of amides is 1. The van der Waals surface area contributed by atoms with Crippen molar-refractivity contribution >= 4 is 28.3 Å². The smallest absolute Gasteiger partial charge is 0.219 e. The fourth-order valence-corrected chi connectivity index (χ4v) is 3.59. The van der Waals surface area contributed by atoms with Crippen LogP contribution in [0.25, 0.3) is 10.8 Å². The Labute approximate surface area is 142 Å². The molecule has 1 aliphatic rings. The number of piperidine rings is 1. The normalized spacial score (nSPS) is 19.6. The van der Waals surface area contributed by atoms with Gasteiger partial charge in [0.15, 0.2) is 0 Å². The number of rotatable bonds is 4. The molecule has 0 N–H and O–H groups in total. The summed E-state index contributed by atoms with van der Waals surface area (Å²) in [6, 6.07) is 14.3. The van der Waals surface area contributed by atoms with Crippen molar-refractivity contribution in [1.82, 2.24) is 4.90 Å². The van der Waals surface area contributed by atoms with Crippen LogP contribution < -0.4 is 4.74 Å². The third-order valence-electron chi connectivity index (χ3n) is 4.50. The van der Waals surface area contributed by atoms with Crippen LogP contribution in [0.3, 0.4) is 0 Å².